The summed E-state index contributed by atoms with van der Waals surface area (Å²) in [7, 11) is 0. The van der Waals surface area contributed by atoms with Crippen molar-refractivity contribution in [1.82, 2.24) is 5.32 Å². The molecule has 0 saturated carbocycles. The topological polar surface area (TPSA) is 30.5 Å². The molecule has 2 unspecified atom stereocenters. The standard InChI is InChI=1S/C14H18ClNO2/c1-2-17-12-8-14(6-7-16-9-14)18-13-10(12)4-3-5-11(13)15/h3-5,12,16H,2,6-9H2,1H3. The van der Waals surface area contributed by atoms with E-state index in [4.69, 9.17) is 21.1 Å². The minimum absolute atomic E-state index is 0.0948. The van der Waals surface area contributed by atoms with E-state index in [2.05, 4.69) is 11.4 Å². The van der Waals surface area contributed by atoms with Crippen molar-refractivity contribution in [2.75, 3.05) is 19.7 Å². The fourth-order valence-corrected chi connectivity index (χ4v) is 3.15. The Bertz CT molecular complexity index is 443. The summed E-state index contributed by atoms with van der Waals surface area (Å²) in [5.74, 6) is 0.813. The Balaban J connectivity index is 2.00. The third-order valence-corrected chi connectivity index (χ3v) is 4.09. The van der Waals surface area contributed by atoms with Gasteiger partial charge in [-0.1, -0.05) is 23.7 Å². The molecule has 1 spiro atoms. The first kappa shape index (κ1) is 12.3. The number of rotatable bonds is 2. The molecule has 2 heterocycles. The minimum atomic E-state index is -0.141. The van der Waals surface area contributed by atoms with Crippen LogP contribution < -0.4 is 10.1 Å². The summed E-state index contributed by atoms with van der Waals surface area (Å²) < 4.78 is 12.1. The second kappa shape index (κ2) is 4.72. The SMILES string of the molecule is CCOC1CC2(CCNC2)Oc2c(Cl)cccc21. The maximum atomic E-state index is 6.27. The van der Waals surface area contributed by atoms with Gasteiger partial charge in [0.15, 0.2) is 0 Å². The van der Waals surface area contributed by atoms with Gasteiger partial charge in [-0.25, -0.2) is 0 Å². The zero-order valence-corrected chi connectivity index (χ0v) is 11.3. The minimum Gasteiger partial charge on any atom is -0.484 e. The molecule has 1 saturated heterocycles. The van der Waals surface area contributed by atoms with Gasteiger partial charge in [-0.15, -0.1) is 0 Å². The van der Waals surface area contributed by atoms with Crippen LogP contribution in [0.1, 0.15) is 31.4 Å². The number of halogens is 1. The molecule has 0 amide bonds. The number of fused-ring (bicyclic) bond motifs is 1. The van der Waals surface area contributed by atoms with Gasteiger partial charge < -0.3 is 14.8 Å². The van der Waals surface area contributed by atoms with E-state index in [1.54, 1.807) is 0 Å². The third-order valence-electron chi connectivity index (χ3n) is 3.79. The number of ether oxygens (including phenoxy) is 2. The van der Waals surface area contributed by atoms with Crippen LogP contribution in [0.25, 0.3) is 0 Å². The zero-order chi connectivity index (χ0) is 12.6. The molecule has 2 aliphatic rings. The summed E-state index contributed by atoms with van der Waals surface area (Å²) in [6, 6.07) is 5.89. The lowest BCUT2D eigenvalue weighted by Crippen LogP contribution is -2.43. The number of hydrogen-bond acceptors (Lipinski definition) is 3. The molecular weight excluding hydrogens is 250 g/mol. The fourth-order valence-electron chi connectivity index (χ4n) is 2.92. The lowest BCUT2D eigenvalue weighted by atomic mass is 9.88. The zero-order valence-electron chi connectivity index (χ0n) is 10.5. The van der Waals surface area contributed by atoms with E-state index in [9.17, 15) is 0 Å². The Morgan fingerprint density at radius 2 is 2.44 bits per heavy atom. The molecule has 0 bridgehead atoms. The van der Waals surface area contributed by atoms with E-state index < -0.39 is 0 Å². The van der Waals surface area contributed by atoms with Crippen LogP contribution in [0.4, 0.5) is 0 Å². The molecule has 18 heavy (non-hydrogen) atoms. The van der Waals surface area contributed by atoms with Gasteiger partial charge in [0.2, 0.25) is 0 Å². The lowest BCUT2D eigenvalue weighted by molar-refractivity contribution is -0.0353. The largest absolute Gasteiger partial charge is 0.484 e. The van der Waals surface area contributed by atoms with Gasteiger partial charge in [0, 0.05) is 31.6 Å². The van der Waals surface area contributed by atoms with Crippen molar-refractivity contribution in [2.45, 2.75) is 31.5 Å². The molecule has 98 valence electrons. The van der Waals surface area contributed by atoms with Crippen molar-refractivity contribution in [2.24, 2.45) is 0 Å². The average molecular weight is 268 g/mol. The highest BCUT2D eigenvalue weighted by molar-refractivity contribution is 6.32. The normalized spacial score (nSPS) is 30.2. The Morgan fingerprint density at radius 1 is 1.56 bits per heavy atom. The van der Waals surface area contributed by atoms with Crippen molar-refractivity contribution in [1.29, 1.82) is 0 Å². The summed E-state index contributed by atoms with van der Waals surface area (Å²) in [6.45, 7) is 4.61. The Kier molecular flexibility index (Phi) is 3.22. The van der Waals surface area contributed by atoms with E-state index in [0.29, 0.717) is 11.6 Å². The first-order chi connectivity index (χ1) is 8.74. The molecule has 0 aliphatic carbocycles. The van der Waals surface area contributed by atoms with E-state index in [1.807, 2.05) is 19.1 Å². The molecule has 1 fully saturated rings. The van der Waals surface area contributed by atoms with E-state index in [1.165, 1.54) is 0 Å². The molecule has 3 rings (SSSR count). The summed E-state index contributed by atoms with van der Waals surface area (Å²) in [5.41, 5.74) is 0.944. The molecule has 1 aromatic carbocycles. The molecule has 4 heteroatoms. The van der Waals surface area contributed by atoms with Crippen LogP contribution in [0.3, 0.4) is 0 Å². The predicted molar refractivity (Wildman–Crippen MR) is 71.3 cm³/mol. The van der Waals surface area contributed by atoms with Gasteiger partial charge in [-0.05, 0) is 19.5 Å². The monoisotopic (exact) mass is 267 g/mol. The van der Waals surface area contributed by atoms with Crippen LogP contribution in [0.5, 0.6) is 5.75 Å². The van der Waals surface area contributed by atoms with Crippen molar-refractivity contribution in [3.63, 3.8) is 0 Å². The Morgan fingerprint density at radius 3 is 3.17 bits per heavy atom. The summed E-state index contributed by atoms with van der Waals surface area (Å²) in [5, 5.41) is 4.06. The van der Waals surface area contributed by atoms with Crippen LogP contribution in [-0.2, 0) is 4.74 Å². The first-order valence-electron chi connectivity index (χ1n) is 6.54. The first-order valence-corrected chi connectivity index (χ1v) is 6.92. The molecule has 3 nitrogen and oxygen atoms in total. The van der Waals surface area contributed by atoms with Gasteiger partial charge in [0.1, 0.15) is 11.4 Å². The fraction of sp³-hybridized carbons (Fsp3) is 0.571. The molecule has 1 aromatic rings. The second-order valence-corrected chi connectivity index (χ2v) is 5.43. The van der Waals surface area contributed by atoms with Crippen molar-refractivity contribution in [3.8, 4) is 5.75 Å². The van der Waals surface area contributed by atoms with E-state index in [-0.39, 0.29) is 11.7 Å². The van der Waals surface area contributed by atoms with Crippen LogP contribution in [0.15, 0.2) is 18.2 Å². The second-order valence-electron chi connectivity index (χ2n) is 5.02. The molecule has 0 aromatic heterocycles. The van der Waals surface area contributed by atoms with Crippen molar-refractivity contribution in [3.05, 3.63) is 28.8 Å². The predicted octanol–water partition coefficient (Wildman–Crippen LogP) is 2.93. The molecular formula is C14H18ClNO2. The molecule has 2 atom stereocenters. The number of hydrogen-bond donors (Lipinski definition) is 1. The van der Waals surface area contributed by atoms with Gasteiger partial charge in [-0.3, -0.25) is 0 Å². The van der Waals surface area contributed by atoms with Crippen LogP contribution >= 0.6 is 11.6 Å². The van der Waals surface area contributed by atoms with E-state index >= 15 is 0 Å². The van der Waals surface area contributed by atoms with Gasteiger partial charge in [0.05, 0.1) is 11.1 Å². The van der Waals surface area contributed by atoms with Crippen LogP contribution in [0.2, 0.25) is 5.02 Å². The molecule has 0 radical (unpaired) electrons. The third kappa shape index (κ3) is 2.00. The number of nitrogens with one attached hydrogen (secondary N) is 1. The van der Waals surface area contributed by atoms with Gasteiger partial charge in [-0.2, -0.15) is 0 Å². The Labute approximate surface area is 112 Å². The average Bonchev–Trinajstić information content (AvgIpc) is 2.79. The summed E-state index contributed by atoms with van der Waals surface area (Å²) >= 11 is 6.27. The smallest absolute Gasteiger partial charge is 0.144 e. The number of para-hydroxylation sites is 1. The lowest BCUT2D eigenvalue weighted by Gasteiger charge is -2.39. The summed E-state index contributed by atoms with van der Waals surface area (Å²) in [4.78, 5) is 0. The van der Waals surface area contributed by atoms with Gasteiger partial charge in [0.25, 0.3) is 0 Å². The highest BCUT2D eigenvalue weighted by Crippen LogP contribution is 2.46. The quantitative estimate of drug-likeness (QED) is 0.894. The maximum Gasteiger partial charge on any atom is 0.144 e. The molecule has 1 N–H and O–H groups in total. The highest BCUT2D eigenvalue weighted by atomic mass is 35.5. The van der Waals surface area contributed by atoms with Crippen LogP contribution in [-0.4, -0.2) is 25.3 Å². The maximum absolute atomic E-state index is 6.27. The van der Waals surface area contributed by atoms with Crippen LogP contribution in [0, 0.1) is 0 Å². The van der Waals surface area contributed by atoms with E-state index in [0.717, 1.165) is 37.2 Å². The van der Waals surface area contributed by atoms with Crippen molar-refractivity contribution < 1.29 is 9.47 Å². The Hall–Kier alpha value is -0.770. The van der Waals surface area contributed by atoms with Gasteiger partial charge >= 0.3 is 0 Å². The summed E-state index contributed by atoms with van der Waals surface area (Å²) in [6.07, 6.45) is 2.01. The highest BCUT2D eigenvalue weighted by Gasteiger charge is 2.44. The van der Waals surface area contributed by atoms with Crippen molar-refractivity contribution >= 4 is 11.6 Å². The molecule has 2 aliphatic heterocycles. The number of benzene rings is 1.